The number of ether oxygens (including phenoxy) is 1. The van der Waals surface area contributed by atoms with Gasteiger partial charge in [-0.05, 0) is 62.8 Å². The summed E-state index contributed by atoms with van der Waals surface area (Å²) in [4.78, 5) is 0. The van der Waals surface area contributed by atoms with Crippen molar-refractivity contribution in [1.82, 2.24) is 5.32 Å². The number of hydrogen-bond donors (Lipinski definition) is 2. The van der Waals surface area contributed by atoms with E-state index in [2.05, 4.69) is 67.7 Å². The molecule has 3 nitrogen and oxygen atoms in total. The summed E-state index contributed by atoms with van der Waals surface area (Å²) in [6.45, 7) is 6.44. The van der Waals surface area contributed by atoms with E-state index in [0.29, 0.717) is 6.61 Å². The van der Waals surface area contributed by atoms with Gasteiger partial charge in [0.25, 0.3) is 0 Å². The van der Waals surface area contributed by atoms with Crippen LogP contribution in [0, 0.1) is 13.8 Å². The summed E-state index contributed by atoms with van der Waals surface area (Å²) in [5, 5.41) is 13.5. The Kier molecular flexibility index (Phi) is 9.96. The van der Waals surface area contributed by atoms with Crippen LogP contribution in [0.4, 0.5) is 0 Å². The second kappa shape index (κ2) is 12.5. The minimum absolute atomic E-state index is 0.200. The summed E-state index contributed by atoms with van der Waals surface area (Å²) in [6, 6.07) is 16.8. The molecule has 0 spiro atoms. The predicted molar refractivity (Wildman–Crippen MR) is 114 cm³/mol. The molecule has 0 fully saturated rings. The molecule has 0 saturated carbocycles. The van der Waals surface area contributed by atoms with Gasteiger partial charge in [-0.1, -0.05) is 61.4 Å². The SMILES string of the molecule is Cc1cccc(C)c1OCCNCCC(O)CCCCCc1ccccc1. The van der Waals surface area contributed by atoms with E-state index in [9.17, 15) is 5.11 Å². The van der Waals surface area contributed by atoms with Crippen LogP contribution in [0.5, 0.6) is 5.75 Å². The van der Waals surface area contributed by atoms with Gasteiger partial charge in [-0.3, -0.25) is 0 Å². The van der Waals surface area contributed by atoms with Crippen LogP contribution in [0.2, 0.25) is 0 Å². The topological polar surface area (TPSA) is 41.5 Å². The first-order valence-electron chi connectivity index (χ1n) is 10.3. The lowest BCUT2D eigenvalue weighted by Gasteiger charge is -2.13. The van der Waals surface area contributed by atoms with Crippen LogP contribution in [0.25, 0.3) is 0 Å². The first-order valence-corrected chi connectivity index (χ1v) is 10.3. The maximum Gasteiger partial charge on any atom is 0.125 e. The van der Waals surface area contributed by atoms with E-state index in [1.165, 1.54) is 29.5 Å². The van der Waals surface area contributed by atoms with Crippen molar-refractivity contribution in [2.45, 2.75) is 58.5 Å². The van der Waals surface area contributed by atoms with E-state index in [4.69, 9.17) is 4.74 Å². The molecule has 3 heteroatoms. The molecule has 2 rings (SSSR count). The Balaban J connectivity index is 1.45. The number of rotatable bonds is 13. The lowest BCUT2D eigenvalue weighted by atomic mass is 10.0. The summed E-state index contributed by atoms with van der Waals surface area (Å²) < 4.78 is 5.88. The third kappa shape index (κ3) is 8.59. The van der Waals surface area contributed by atoms with Crippen LogP contribution in [0.3, 0.4) is 0 Å². The van der Waals surface area contributed by atoms with Crippen molar-refractivity contribution in [3.63, 3.8) is 0 Å². The van der Waals surface area contributed by atoms with Crippen molar-refractivity contribution >= 4 is 0 Å². The Bertz CT molecular complexity index is 622. The highest BCUT2D eigenvalue weighted by Crippen LogP contribution is 2.21. The molecule has 0 heterocycles. The highest BCUT2D eigenvalue weighted by Gasteiger charge is 2.05. The zero-order valence-electron chi connectivity index (χ0n) is 16.9. The second-order valence-corrected chi connectivity index (χ2v) is 7.35. The maximum absolute atomic E-state index is 10.1. The van der Waals surface area contributed by atoms with Gasteiger partial charge in [0.2, 0.25) is 0 Å². The van der Waals surface area contributed by atoms with Crippen molar-refractivity contribution in [3.8, 4) is 5.75 Å². The Morgan fingerprint density at radius 2 is 1.59 bits per heavy atom. The fourth-order valence-corrected chi connectivity index (χ4v) is 3.32. The van der Waals surface area contributed by atoms with Crippen LogP contribution in [0.15, 0.2) is 48.5 Å². The molecule has 2 aromatic rings. The smallest absolute Gasteiger partial charge is 0.125 e. The number of aliphatic hydroxyl groups is 1. The molecule has 0 amide bonds. The van der Waals surface area contributed by atoms with Crippen LogP contribution >= 0.6 is 0 Å². The van der Waals surface area contributed by atoms with Crippen molar-refractivity contribution < 1.29 is 9.84 Å². The lowest BCUT2D eigenvalue weighted by molar-refractivity contribution is 0.150. The zero-order valence-corrected chi connectivity index (χ0v) is 16.9. The maximum atomic E-state index is 10.1. The molecule has 1 atom stereocenters. The first-order chi connectivity index (χ1) is 13.2. The second-order valence-electron chi connectivity index (χ2n) is 7.35. The minimum atomic E-state index is -0.200. The molecule has 0 radical (unpaired) electrons. The Morgan fingerprint density at radius 3 is 2.33 bits per heavy atom. The summed E-state index contributed by atoms with van der Waals surface area (Å²) in [5.41, 5.74) is 3.76. The van der Waals surface area contributed by atoms with Crippen LogP contribution in [0.1, 0.15) is 48.8 Å². The average molecular weight is 370 g/mol. The normalized spacial score (nSPS) is 12.1. The van der Waals surface area contributed by atoms with Gasteiger partial charge < -0.3 is 15.2 Å². The summed E-state index contributed by atoms with van der Waals surface area (Å²) in [6.07, 6.45) is 6.13. The number of benzene rings is 2. The third-order valence-corrected chi connectivity index (χ3v) is 4.93. The van der Waals surface area contributed by atoms with Crippen LogP contribution in [-0.4, -0.2) is 30.9 Å². The predicted octanol–water partition coefficient (Wildman–Crippen LogP) is 4.83. The van der Waals surface area contributed by atoms with Gasteiger partial charge in [0, 0.05) is 6.54 Å². The Labute approximate surface area is 164 Å². The van der Waals surface area contributed by atoms with Gasteiger partial charge in [0.05, 0.1) is 6.10 Å². The van der Waals surface area contributed by atoms with E-state index in [1.54, 1.807) is 0 Å². The molecule has 0 aliphatic carbocycles. The summed E-state index contributed by atoms with van der Waals surface area (Å²) in [7, 11) is 0. The monoisotopic (exact) mass is 369 g/mol. The largest absolute Gasteiger partial charge is 0.492 e. The fraction of sp³-hybridized carbons (Fsp3) is 0.500. The molecule has 0 bridgehead atoms. The van der Waals surface area contributed by atoms with Crippen molar-refractivity contribution in [1.29, 1.82) is 0 Å². The van der Waals surface area contributed by atoms with Crippen LogP contribution in [-0.2, 0) is 6.42 Å². The van der Waals surface area contributed by atoms with E-state index < -0.39 is 0 Å². The molecule has 0 saturated heterocycles. The molecule has 148 valence electrons. The lowest BCUT2D eigenvalue weighted by Crippen LogP contribution is -2.25. The quantitative estimate of drug-likeness (QED) is 0.497. The van der Waals surface area contributed by atoms with E-state index in [-0.39, 0.29) is 6.10 Å². The standard InChI is InChI=1S/C24H35NO2/c1-20-10-9-11-21(2)24(20)27-19-18-25-17-16-23(26)15-8-4-7-14-22-12-5-3-6-13-22/h3,5-6,9-13,23,25-26H,4,7-8,14-19H2,1-2H3. The van der Waals surface area contributed by atoms with E-state index in [1.807, 2.05) is 0 Å². The minimum Gasteiger partial charge on any atom is -0.492 e. The number of para-hydroxylation sites is 1. The number of nitrogens with one attached hydrogen (secondary N) is 1. The highest BCUT2D eigenvalue weighted by molar-refractivity contribution is 5.39. The molecule has 0 aliphatic rings. The summed E-state index contributed by atoms with van der Waals surface area (Å²) in [5.74, 6) is 0.995. The van der Waals surface area contributed by atoms with Gasteiger partial charge in [0.1, 0.15) is 12.4 Å². The van der Waals surface area contributed by atoms with E-state index in [0.717, 1.165) is 44.5 Å². The van der Waals surface area contributed by atoms with Crippen molar-refractivity contribution in [2.75, 3.05) is 19.7 Å². The van der Waals surface area contributed by atoms with Gasteiger partial charge in [-0.15, -0.1) is 0 Å². The Morgan fingerprint density at radius 1 is 0.852 bits per heavy atom. The number of unbranched alkanes of at least 4 members (excludes halogenated alkanes) is 2. The zero-order chi connectivity index (χ0) is 19.3. The van der Waals surface area contributed by atoms with E-state index >= 15 is 0 Å². The average Bonchev–Trinajstić information content (AvgIpc) is 2.67. The number of aliphatic hydroxyl groups excluding tert-OH is 1. The molecular formula is C24H35NO2. The van der Waals surface area contributed by atoms with Gasteiger partial charge in [0.15, 0.2) is 0 Å². The van der Waals surface area contributed by atoms with Crippen LogP contribution < -0.4 is 10.1 Å². The van der Waals surface area contributed by atoms with Gasteiger partial charge >= 0.3 is 0 Å². The number of hydrogen-bond acceptors (Lipinski definition) is 3. The third-order valence-electron chi connectivity index (χ3n) is 4.93. The summed E-state index contributed by atoms with van der Waals surface area (Å²) >= 11 is 0. The molecule has 2 N–H and O–H groups in total. The molecule has 27 heavy (non-hydrogen) atoms. The van der Waals surface area contributed by atoms with Crippen molar-refractivity contribution in [2.24, 2.45) is 0 Å². The van der Waals surface area contributed by atoms with Gasteiger partial charge in [-0.2, -0.15) is 0 Å². The van der Waals surface area contributed by atoms with Gasteiger partial charge in [-0.25, -0.2) is 0 Å². The molecule has 0 aliphatic heterocycles. The highest BCUT2D eigenvalue weighted by atomic mass is 16.5. The molecular weight excluding hydrogens is 334 g/mol. The molecule has 2 aromatic carbocycles. The molecule has 0 aromatic heterocycles. The number of aryl methyl sites for hydroxylation is 3. The fourth-order valence-electron chi connectivity index (χ4n) is 3.32. The first kappa shape index (κ1) is 21.5. The molecule has 1 unspecified atom stereocenters. The van der Waals surface area contributed by atoms with Crippen molar-refractivity contribution in [3.05, 3.63) is 65.2 Å². The Hall–Kier alpha value is -1.84.